The highest BCUT2D eigenvalue weighted by molar-refractivity contribution is 5.85. The van der Waals surface area contributed by atoms with Crippen LogP contribution in [-0.4, -0.2) is 20.2 Å². The summed E-state index contributed by atoms with van der Waals surface area (Å²) in [4.78, 5) is 0. The Balaban J connectivity index is 0.00000128. The second-order valence-electron chi connectivity index (χ2n) is 2.97. The lowest BCUT2D eigenvalue weighted by atomic mass is 10.3. The number of halogens is 1. The van der Waals surface area contributed by atoms with Crippen LogP contribution < -0.4 is 16.6 Å². The molecule has 1 heterocycles. The number of nitrogens with zero attached hydrogens (tertiary/aromatic N) is 4. The van der Waals surface area contributed by atoms with Crippen LogP contribution in [0.1, 0.15) is 0 Å². The Morgan fingerprint density at radius 2 is 1.81 bits per heavy atom. The van der Waals surface area contributed by atoms with Crippen molar-refractivity contribution in [3.8, 4) is 0 Å². The zero-order valence-corrected chi connectivity index (χ0v) is 9.40. The predicted molar refractivity (Wildman–Crippen MR) is 63.6 cm³/mol. The number of hydrazine groups is 1. The molecule has 7 nitrogen and oxygen atoms in total. The Morgan fingerprint density at radius 1 is 1.19 bits per heavy atom. The van der Waals surface area contributed by atoms with E-state index in [9.17, 15) is 0 Å². The number of benzene rings is 1. The summed E-state index contributed by atoms with van der Waals surface area (Å²) in [6, 6.07) is 7.46. The smallest absolute Gasteiger partial charge is 0.247 e. The molecule has 0 amide bonds. The number of hydrogen-bond donors (Lipinski definition) is 3. The predicted octanol–water partition coefficient (Wildman–Crippen LogP) is 0.661. The maximum absolute atomic E-state index is 5.25. The van der Waals surface area contributed by atoms with Gasteiger partial charge in [-0.25, -0.2) is 4.68 Å². The third kappa shape index (κ3) is 2.59. The van der Waals surface area contributed by atoms with Crippen LogP contribution in [0.4, 0.5) is 17.3 Å². The molecular formula is C8H12ClN7. The molecule has 0 aliphatic heterocycles. The summed E-state index contributed by atoms with van der Waals surface area (Å²) in [5.74, 6) is 5.84. The van der Waals surface area contributed by atoms with Crippen molar-refractivity contribution in [3.63, 3.8) is 0 Å². The summed E-state index contributed by atoms with van der Waals surface area (Å²) in [5.41, 5.74) is 4.29. The third-order valence-corrected chi connectivity index (χ3v) is 1.93. The van der Waals surface area contributed by atoms with Gasteiger partial charge < -0.3 is 10.7 Å². The number of aromatic nitrogens is 4. The van der Waals surface area contributed by atoms with Gasteiger partial charge in [-0.3, -0.25) is 5.84 Å². The normalized spacial score (nSPS) is 9.38. The Morgan fingerprint density at radius 3 is 2.31 bits per heavy atom. The van der Waals surface area contributed by atoms with E-state index >= 15 is 0 Å². The monoisotopic (exact) mass is 241 g/mol. The number of nitrogens with one attached hydrogen (secondary N) is 2. The zero-order valence-electron chi connectivity index (χ0n) is 8.58. The van der Waals surface area contributed by atoms with Gasteiger partial charge in [0.05, 0.1) is 0 Å². The molecule has 0 saturated carbocycles. The minimum Gasteiger partial charge on any atom is -0.324 e. The summed E-state index contributed by atoms with van der Waals surface area (Å²) in [5, 5.41) is 14.1. The van der Waals surface area contributed by atoms with Gasteiger partial charge in [0.25, 0.3) is 0 Å². The first-order chi connectivity index (χ1) is 7.29. The molecule has 0 aliphatic carbocycles. The van der Waals surface area contributed by atoms with E-state index in [-0.39, 0.29) is 12.4 Å². The third-order valence-electron chi connectivity index (χ3n) is 1.93. The van der Waals surface area contributed by atoms with Crippen molar-refractivity contribution in [2.24, 2.45) is 12.9 Å². The molecule has 0 aliphatic rings. The average Bonchev–Trinajstić information content (AvgIpc) is 2.66. The lowest BCUT2D eigenvalue weighted by Gasteiger charge is -2.04. The first kappa shape index (κ1) is 12.2. The number of nitrogens with two attached hydrogens (primary N) is 1. The van der Waals surface area contributed by atoms with Gasteiger partial charge in [0, 0.05) is 18.4 Å². The number of tetrazole rings is 1. The molecule has 8 heteroatoms. The molecule has 16 heavy (non-hydrogen) atoms. The Hall–Kier alpha value is -1.86. The van der Waals surface area contributed by atoms with Gasteiger partial charge in [-0.05, 0) is 34.7 Å². The molecule has 2 aromatic rings. The molecule has 1 aromatic heterocycles. The molecule has 2 rings (SSSR count). The maximum Gasteiger partial charge on any atom is 0.247 e. The van der Waals surface area contributed by atoms with E-state index in [2.05, 4.69) is 26.3 Å². The summed E-state index contributed by atoms with van der Waals surface area (Å²) in [7, 11) is 1.76. The first-order valence-corrected chi connectivity index (χ1v) is 4.35. The fourth-order valence-corrected chi connectivity index (χ4v) is 1.11. The van der Waals surface area contributed by atoms with Gasteiger partial charge in [-0.2, -0.15) is 0 Å². The molecule has 86 valence electrons. The highest BCUT2D eigenvalue weighted by Crippen LogP contribution is 2.15. The van der Waals surface area contributed by atoms with Crippen molar-refractivity contribution in [3.05, 3.63) is 24.3 Å². The molecule has 0 unspecified atom stereocenters. The van der Waals surface area contributed by atoms with Crippen LogP contribution in [0, 0.1) is 0 Å². The van der Waals surface area contributed by atoms with E-state index < -0.39 is 0 Å². The maximum atomic E-state index is 5.25. The fourth-order valence-electron chi connectivity index (χ4n) is 1.11. The Labute approximate surface area is 98.4 Å². The Kier molecular flexibility index (Phi) is 4.03. The minimum absolute atomic E-state index is 0. The van der Waals surface area contributed by atoms with E-state index in [0.717, 1.165) is 11.4 Å². The summed E-state index contributed by atoms with van der Waals surface area (Å²) in [6.45, 7) is 0. The SMILES string of the molecule is Cl.Cn1nnnc1Nc1ccc(NN)cc1. The van der Waals surface area contributed by atoms with Gasteiger partial charge in [-0.1, -0.05) is 5.10 Å². The molecule has 4 N–H and O–H groups in total. The van der Waals surface area contributed by atoms with Crippen molar-refractivity contribution >= 4 is 29.7 Å². The summed E-state index contributed by atoms with van der Waals surface area (Å²) < 4.78 is 1.55. The molecule has 0 saturated heterocycles. The number of rotatable bonds is 3. The van der Waals surface area contributed by atoms with Crippen LogP contribution in [0.15, 0.2) is 24.3 Å². The Bertz CT molecular complexity index is 438. The van der Waals surface area contributed by atoms with E-state index in [1.165, 1.54) is 0 Å². The fraction of sp³-hybridized carbons (Fsp3) is 0.125. The van der Waals surface area contributed by atoms with Crippen LogP contribution in [0.2, 0.25) is 0 Å². The average molecular weight is 242 g/mol. The highest BCUT2D eigenvalue weighted by atomic mass is 35.5. The minimum atomic E-state index is 0. The van der Waals surface area contributed by atoms with E-state index in [1.54, 1.807) is 11.7 Å². The van der Waals surface area contributed by atoms with E-state index in [0.29, 0.717) is 5.95 Å². The van der Waals surface area contributed by atoms with Crippen LogP contribution in [0.5, 0.6) is 0 Å². The second-order valence-corrected chi connectivity index (χ2v) is 2.97. The largest absolute Gasteiger partial charge is 0.324 e. The quantitative estimate of drug-likeness (QED) is 0.540. The zero-order chi connectivity index (χ0) is 10.7. The lowest BCUT2D eigenvalue weighted by Crippen LogP contribution is -2.06. The molecule has 1 aromatic carbocycles. The summed E-state index contributed by atoms with van der Waals surface area (Å²) in [6.07, 6.45) is 0. The highest BCUT2D eigenvalue weighted by Gasteiger charge is 2.01. The summed E-state index contributed by atoms with van der Waals surface area (Å²) >= 11 is 0. The second kappa shape index (κ2) is 5.29. The van der Waals surface area contributed by atoms with Crippen molar-refractivity contribution in [1.82, 2.24) is 20.2 Å². The van der Waals surface area contributed by atoms with E-state index in [4.69, 9.17) is 5.84 Å². The number of anilines is 3. The molecule has 0 atom stereocenters. The van der Waals surface area contributed by atoms with Crippen molar-refractivity contribution in [2.45, 2.75) is 0 Å². The van der Waals surface area contributed by atoms with Gasteiger partial charge >= 0.3 is 0 Å². The van der Waals surface area contributed by atoms with Crippen molar-refractivity contribution in [2.75, 3.05) is 10.7 Å². The van der Waals surface area contributed by atoms with Crippen LogP contribution >= 0.6 is 12.4 Å². The van der Waals surface area contributed by atoms with Gasteiger partial charge in [-0.15, -0.1) is 12.4 Å². The van der Waals surface area contributed by atoms with Crippen LogP contribution in [0.25, 0.3) is 0 Å². The molecule has 0 radical (unpaired) electrons. The van der Waals surface area contributed by atoms with Crippen molar-refractivity contribution in [1.29, 1.82) is 0 Å². The standard InChI is InChI=1S/C8H11N7.ClH/c1-15-8(12-13-14-15)10-6-2-4-7(11-9)5-3-6;/h2-5,11H,9H2,1H3,(H,10,12,14);1H. The van der Waals surface area contributed by atoms with Crippen LogP contribution in [0.3, 0.4) is 0 Å². The van der Waals surface area contributed by atoms with Crippen molar-refractivity contribution < 1.29 is 0 Å². The number of aryl methyl sites for hydroxylation is 1. The lowest BCUT2D eigenvalue weighted by molar-refractivity contribution is 0.715. The van der Waals surface area contributed by atoms with Crippen LogP contribution in [-0.2, 0) is 7.05 Å². The molecule has 0 fully saturated rings. The molecular weight excluding hydrogens is 230 g/mol. The van der Waals surface area contributed by atoms with Gasteiger partial charge in [0.15, 0.2) is 0 Å². The van der Waals surface area contributed by atoms with Gasteiger partial charge in [0.2, 0.25) is 5.95 Å². The molecule has 0 spiro atoms. The van der Waals surface area contributed by atoms with Gasteiger partial charge in [0.1, 0.15) is 0 Å². The number of nitrogen functional groups attached to an aromatic ring is 1. The number of hydrogen-bond acceptors (Lipinski definition) is 6. The first-order valence-electron chi connectivity index (χ1n) is 4.35. The van der Waals surface area contributed by atoms with E-state index in [1.807, 2.05) is 24.3 Å². The topological polar surface area (TPSA) is 93.7 Å². The molecule has 0 bridgehead atoms.